The van der Waals surface area contributed by atoms with Crippen LogP contribution in [0.4, 0.5) is 5.69 Å². The molecule has 0 amide bonds. The van der Waals surface area contributed by atoms with E-state index in [1.807, 2.05) is 12.1 Å². The number of rotatable bonds is 4. The van der Waals surface area contributed by atoms with E-state index in [0.717, 1.165) is 30.5 Å². The van der Waals surface area contributed by atoms with E-state index >= 15 is 0 Å². The monoisotopic (exact) mass is 281 g/mol. The van der Waals surface area contributed by atoms with Crippen LogP contribution in [0.2, 0.25) is 5.02 Å². The standard InChI is InChI=1S/C13H20ClN5/c1-3-4-6-9-7-5-8-10(14)11(9)19(2)13(17)18-12(15)16/h5,7-8H,3-4,6H2,1-2H3,(H5,15,16,17,18). The van der Waals surface area contributed by atoms with Crippen molar-refractivity contribution in [3.05, 3.63) is 28.8 Å². The molecule has 0 radical (unpaired) electrons. The maximum absolute atomic E-state index is 7.85. The van der Waals surface area contributed by atoms with Gasteiger partial charge in [0, 0.05) is 7.05 Å². The Kier molecular flexibility index (Phi) is 5.63. The molecule has 0 aliphatic carbocycles. The van der Waals surface area contributed by atoms with Gasteiger partial charge in [-0.15, -0.1) is 0 Å². The maximum atomic E-state index is 7.85. The topological polar surface area (TPSA) is 91.5 Å². The normalized spacial score (nSPS) is 10.1. The Hall–Kier alpha value is -1.75. The predicted molar refractivity (Wildman–Crippen MR) is 82.0 cm³/mol. The summed E-state index contributed by atoms with van der Waals surface area (Å²) in [6.45, 7) is 2.13. The van der Waals surface area contributed by atoms with Crippen molar-refractivity contribution in [2.24, 2.45) is 16.5 Å². The molecule has 0 saturated carbocycles. The highest BCUT2D eigenvalue weighted by molar-refractivity contribution is 6.34. The summed E-state index contributed by atoms with van der Waals surface area (Å²) >= 11 is 6.23. The molecule has 0 aliphatic heterocycles. The van der Waals surface area contributed by atoms with E-state index in [1.54, 1.807) is 18.0 Å². The summed E-state index contributed by atoms with van der Waals surface area (Å²) in [6, 6.07) is 5.72. The van der Waals surface area contributed by atoms with E-state index in [4.69, 9.17) is 28.5 Å². The Bertz CT molecular complexity index is 480. The van der Waals surface area contributed by atoms with Gasteiger partial charge in [-0.05, 0) is 24.5 Å². The first-order valence-corrected chi connectivity index (χ1v) is 6.54. The Morgan fingerprint density at radius 1 is 1.42 bits per heavy atom. The van der Waals surface area contributed by atoms with Crippen molar-refractivity contribution in [3.8, 4) is 0 Å². The van der Waals surface area contributed by atoms with E-state index in [2.05, 4.69) is 11.9 Å². The van der Waals surface area contributed by atoms with Gasteiger partial charge in [0.2, 0.25) is 5.96 Å². The van der Waals surface area contributed by atoms with E-state index in [0.29, 0.717) is 5.02 Å². The molecule has 0 aromatic heterocycles. The molecular weight excluding hydrogens is 262 g/mol. The summed E-state index contributed by atoms with van der Waals surface area (Å²) in [6.07, 6.45) is 3.07. The second-order valence-corrected chi connectivity index (χ2v) is 4.68. The molecular formula is C13H20ClN5. The largest absolute Gasteiger partial charge is 0.370 e. The Labute approximate surface area is 118 Å². The van der Waals surface area contributed by atoms with Crippen molar-refractivity contribution in [2.45, 2.75) is 26.2 Å². The first kappa shape index (κ1) is 15.3. The van der Waals surface area contributed by atoms with Crippen LogP contribution in [0, 0.1) is 5.41 Å². The molecule has 1 aromatic rings. The van der Waals surface area contributed by atoms with Crippen LogP contribution in [0.25, 0.3) is 0 Å². The lowest BCUT2D eigenvalue weighted by atomic mass is 10.1. The van der Waals surface area contributed by atoms with Crippen LogP contribution in [-0.2, 0) is 6.42 Å². The van der Waals surface area contributed by atoms with Gasteiger partial charge in [0.05, 0.1) is 10.7 Å². The van der Waals surface area contributed by atoms with Crippen LogP contribution >= 0.6 is 11.6 Å². The third-order valence-corrected chi connectivity index (χ3v) is 3.06. The van der Waals surface area contributed by atoms with Crippen LogP contribution in [-0.4, -0.2) is 19.0 Å². The Morgan fingerprint density at radius 3 is 2.68 bits per heavy atom. The number of halogens is 1. The van der Waals surface area contributed by atoms with E-state index < -0.39 is 0 Å². The van der Waals surface area contributed by atoms with Crippen molar-refractivity contribution in [1.82, 2.24) is 0 Å². The van der Waals surface area contributed by atoms with Crippen molar-refractivity contribution in [1.29, 1.82) is 5.41 Å². The van der Waals surface area contributed by atoms with Gasteiger partial charge in [-0.25, -0.2) is 0 Å². The molecule has 0 heterocycles. The molecule has 0 fully saturated rings. The van der Waals surface area contributed by atoms with Gasteiger partial charge in [0.25, 0.3) is 0 Å². The molecule has 104 valence electrons. The summed E-state index contributed by atoms with van der Waals surface area (Å²) in [5, 5.41) is 8.44. The third kappa shape index (κ3) is 4.13. The zero-order valence-electron chi connectivity index (χ0n) is 11.3. The fourth-order valence-corrected chi connectivity index (χ4v) is 2.13. The summed E-state index contributed by atoms with van der Waals surface area (Å²) in [4.78, 5) is 5.33. The minimum Gasteiger partial charge on any atom is -0.370 e. The van der Waals surface area contributed by atoms with Crippen molar-refractivity contribution < 1.29 is 0 Å². The zero-order chi connectivity index (χ0) is 14.4. The van der Waals surface area contributed by atoms with E-state index in [9.17, 15) is 0 Å². The van der Waals surface area contributed by atoms with Crippen LogP contribution in [0.1, 0.15) is 25.3 Å². The van der Waals surface area contributed by atoms with E-state index in [1.165, 1.54) is 0 Å². The highest BCUT2D eigenvalue weighted by atomic mass is 35.5. The van der Waals surface area contributed by atoms with Gasteiger partial charge >= 0.3 is 0 Å². The number of hydrogen-bond acceptors (Lipinski definition) is 1. The number of nitrogens with zero attached hydrogens (tertiary/aromatic N) is 2. The molecule has 6 heteroatoms. The first-order valence-electron chi connectivity index (χ1n) is 6.16. The molecule has 0 saturated heterocycles. The molecule has 1 aromatic carbocycles. The number of aliphatic imine (C=N–C) groups is 1. The molecule has 19 heavy (non-hydrogen) atoms. The van der Waals surface area contributed by atoms with Gasteiger partial charge in [-0.2, -0.15) is 4.99 Å². The smallest absolute Gasteiger partial charge is 0.225 e. The molecule has 0 spiro atoms. The number of para-hydroxylation sites is 1. The van der Waals surface area contributed by atoms with Gasteiger partial charge in [0.15, 0.2) is 5.96 Å². The van der Waals surface area contributed by atoms with Crippen LogP contribution in [0.5, 0.6) is 0 Å². The molecule has 0 bridgehead atoms. The minimum absolute atomic E-state index is 0.0363. The minimum atomic E-state index is -0.140. The fraction of sp³-hybridized carbons (Fsp3) is 0.385. The second-order valence-electron chi connectivity index (χ2n) is 4.27. The van der Waals surface area contributed by atoms with E-state index in [-0.39, 0.29) is 11.9 Å². The lowest BCUT2D eigenvalue weighted by molar-refractivity contribution is 0.794. The molecule has 0 aliphatic rings. The van der Waals surface area contributed by atoms with Gasteiger partial charge < -0.3 is 16.4 Å². The van der Waals surface area contributed by atoms with Gasteiger partial charge in [-0.1, -0.05) is 37.1 Å². The fourth-order valence-electron chi connectivity index (χ4n) is 1.81. The first-order chi connectivity index (χ1) is 8.97. The number of nitrogens with two attached hydrogens (primary N) is 2. The number of anilines is 1. The van der Waals surface area contributed by atoms with Crippen molar-refractivity contribution in [2.75, 3.05) is 11.9 Å². The predicted octanol–water partition coefficient (Wildman–Crippen LogP) is 2.33. The Balaban J connectivity index is 3.10. The summed E-state index contributed by atoms with van der Waals surface area (Å²) in [5.74, 6) is -0.176. The second kappa shape index (κ2) is 6.99. The van der Waals surface area contributed by atoms with Gasteiger partial charge in [0.1, 0.15) is 0 Å². The number of nitrogens with one attached hydrogen (secondary N) is 1. The molecule has 5 N–H and O–H groups in total. The quantitative estimate of drug-likeness (QED) is 0.584. The number of hydrogen-bond donors (Lipinski definition) is 3. The lowest BCUT2D eigenvalue weighted by Crippen LogP contribution is -2.31. The highest BCUT2D eigenvalue weighted by Crippen LogP contribution is 2.30. The molecule has 0 atom stereocenters. The summed E-state index contributed by atoms with van der Waals surface area (Å²) in [5.41, 5.74) is 12.5. The molecule has 5 nitrogen and oxygen atoms in total. The summed E-state index contributed by atoms with van der Waals surface area (Å²) < 4.78 is 0. The number of guanidine groups is 2. The van der Waals surface area contributed by atoms with Crippen molar-refractivity contribution in [3.63, 3.8) is 0 Å². The Morgan fingerprint density at radius 2 is 2.11 bits per heavy atom. The van der Waals surface area contributed by atoms with Crippen LogP contribution in [0.15, 0.2) is 23.2 Å². The lowest BCUT2D eigenvalue weighted by Gasteiger charge is -2.22. The zero-order valence-corrected chi connectivity index (χ0v) is 12.0. The van der Waals surface area contributed by atoms with Crippen LogP contribution < -0.4 is 16.4 Å². The summed E-state index contributed by atoms with van der Waals surface area (Å²) in [7, 11) is 1.73. The number of benzene rings is 1. The van der Waals surface area contributed by atoms with Crippen molar-refractivity contribution >= 4 is 29.2 Å². The molecule has 1 rings (SSSR count). The van der Waals surface area contributed by atoms with Gasteiger partial charge in [-0.3, -0.25) is 5.41 Å². The molecule has 0 unspecified atom stereocenters. The number of aryl methyl sites for hydroxylation is 1. The average molecular weight is 282 g/mol. The van der Waals surface area contributed by atoms with Crippen LogP contribution in [0.3, 0.4) is 0 Å². The maximum Gasteiger partial charge on any atom is 0.225 e. The highest BCUT2D eigenvalue weighted by Gasteiger charge is 2.14. The third-order valence-electron chi connectivity index (χ3n) is 2.76. The number of unbranched alkanes of at least 4 members (excludes halogenated alkanes) is 1. The average Bonchev–Trinajstić information content (AvgIpc) is 2.34. The SMILES string of the molecule is CCCCc1cccc(Cl)c1N(C)C(=N)N=C(N)N.